The lowest BCUT2D eigenvalue weighted by Crippen LogP contribution is -2.35. The molecule has 2 unspecified atom stereocenters. The number of hydrogen-bond acceptors (Lipinski definition) is 5. The molecule has 0 spiro atoms. The first-order valence-electron chi connectivity index (χ1n) is 9.56. The van der Waals surface area contributed by atoms with Crippen LogP contribution in [-0.4, -0.2) is 61.5 Å². The summed E-state index contributed by atoms with van der Waals surface area (Å²) in [4.78, 5) is 13.7. The minimum absolute atomic E-state index is 0. The van der Waals surface area contributed by atoms with E-state index < -0.39 is 6.10 Å². The predicted octanol–water partition coefficient (Wildman–Crippen LogP) is 3.41. The summed E-state index contributed by atoms with van der Waals surface area (Å²) in [7, 11) is 1.54. The zero-order chi connectivity index (χ0) is 20.6. The molecule has 2 atom stereocenters. The second-order valence-electron chi connectivity index (χ2n) is 6.91. The highest BCUT2D eigenvalue weighted by atomic mass is 35.5. The summed E-state index contributed by atoms with van der Waals surface area (Å²) in [6.07, 6.45) is 0.328. The highest BCUT2D eigenvalue weighted by molar-refractivity contribution is 6.30. The molecule has 9 heteroatoms. The number of carbonyl (C=O) groups is 1. The molecule has 2 aromatic carbocycles. The average molecular weight is 456 g/mol. The van der Waals surface area contributed by atoms with Crippen LogP contribution < -0.4 is 20.1 Å². The van der Waals surface area contributed by atoms with Crippen molar-refractivity contribution in [2.75, 3.05) is 38.6 Å². The summed E-state index contributed by atoms with van der Waals surface area (Å²) in [5.74, 6) is 1.31. The number of amides is 2. The van der Waals surface area contributed by atoms with Crippen LogP contribution in [0.2, 0.25) is 5.02 Å². The number of anilines is 1. The maximum Gasteiger partial charge on any atom is 0.319 e. The van der Waals surface area contributed by atoms with Crippen LogP contribution in [0.15, 0.2) is 48.5 Å². The number of nitrogens with one attached hydrogen (secondary N) is 2. The van der Waals surface area contributed by atoms with Gasteiger partial charge in [-0.3, -0.25) is 4.90 Å². The van der Waals surface area contributed by atoms with E-state index >= 15 is 0 Å². The Balaban J connectivity index is 0.00000320. The molecule has 3 rings (SSSR count). The molecular formula is C21H27Cl2N3O4. The molecule has 1 aliphatic heterocycles. The van der Waals surface area contributed by atoms with Gasteiger partial charge in [0.25, 0.3) is 0 Å². The molecule has 1 aliphatic rings. The van der Waals surface area contributed by atoms with Crippen LogP contribution in [0.4, 0.5) is 10.5 Å². The molecule has 1 heterocycles. The van der Waals surface area contributed by atoms with E-state index in [-0.39, 0.29) is 31.1 Å². The number of β-amino-alcohol motifs (C(OH)–C–C–N with tert-alkyl or cyclic N) is 1. The Kier molecular flexibility index (Phi) is 9.52. The first-order valence-corrected chi connectivity index (χ1v) is 9.94. The number of likely N-dealkylation sites (tertiary alicyclic amines) is 1. The lowest BCUT2D eigenvalue weighted by molar-refractivity contribution is 0.0723. The van der Waals surface area contributed by atoms with E-state index in [4.69, 9.17) is 21.1 Å². The quantitative estimate of drug-likeness (QED) is 0.567. The van der Waals surface area contributed by atoms with Crippen LogP contribution in [0.1, 0.15) is 6.42 Å². The molecule has 1 saturated heterocycles. The van der Waals surface area contributed by atoms with E-state index in [9.17, 15) is 9.90 Å². The Morgan fingerprint density at radius 3 is 2.73 bits per heavy atom. The van der Waals surface area contributed by atoms with Crippen molar-refractivity contribution < 1.29 is 19.4 Å². The van der Waals surface area contributed by atoms with Gasteiger partial charge >= 0.3 is 6.03 Å². The van der Waals surface area contributed by atoms with Crippen molar-refractivity contribution in [1.82, 2.24) is 10.2 Å². The van der Waals surface area contributed by atoms with E-state index in [1.807, 2.05) is 30.3 Å². The molecule has 0 aromatic heterocycles. The summed E-state index contributed by atoms with van der Waals surface area (Å²) in [5.41, 5.74) is 0.552. The number of carbonyl (C=O) groups excluding carboxylic acids is 1. The number of ether oxygens (including phenoxy) is 2. The van der Waals surface area contributed by atoms with Gasteiger partial charge in [-0.1, -0.05) is 23.7 Å². The Hall–Kier alpha value is -2.19. The normalized spacial score (nSPS) is 17.0. The molecule has 2 aromatic rings. The fraction of sp³-hybridized carbons (Fsp3) is 0.381. The van der Waals surface area contributed by atoms with Crippen LogP contribution in [0.5, 0.6) is 11.5 Å². The van der Waals surface area contributed by atoms with Gasteiger partial charge in [0.05, 0.1) is 5.69 Å². The van der Waals surface area contributed by atoms with Gasteiger partial charge in [0, 0.05) is 31.7 Å². The van der Waals surface area contributed by atoms with E-state index in [2.05, 4.69) is 15.5 Å². The number of aliphatic hydroxyl groups excluding tert-OH is 1. The molecule has 2 amide bonds. The van der Waals surface area contributed by atoms with Gasteiger partial charge in [0.1, 0.15) is 30.3 Å². The number of aliphatic hydroxyl groups is 1. The molecule has 0 saturated carbocycles. The number of halogens is 2. The van der Waals surface area contributed by atoms with Crippen LogP contribution in [-0.2, 0) is 0 Å². The molecule has 30 heavy (non-hydrogen) atoms. The summed E-state index contributed by atoms with van der Waals surface area (Å²) < 4.78 is 11.7. The van der Waals surface area contributed by atoms with Crippen molar-refractivity contribution in [3.8, 4) is 11.5 Å². The van der Waals surface area contributed by atoms with Crippen molar-refractivity contribution >= 4 is 35.7 Å². The standard InChI is InChI=1S/C21H26ClN3O4.ClH/c1-23-21(27)24-19-4-2-3-5-20(19)28-14-16(26)12-25-11-10-18(13-25)29-17-8-6-15(22)7-9-17;/h2-9,16,18,26H,10-14H2,1H3,(H2,23,24,27);1H. The fourth-order valence-electron chi connectivity index (χ4n) is 3.18. The zero-order valence-electron chi connectivity index (χ0n) is 16.7. The van der Waals surface area contributed by atoms with Crippen molar-refractivity contribution in [2.45, 2.75) is 18.6 Å². The number of para-hydroxylation sites is 2. The maximum absolute atomic E-state index is 11.5. The summed E-state index contributed by atoms with van der Waals surface area (Å²) in [6.45, 7) is 2.22. The van der Waals surface area contributed by atoms with Gasteiger partial charge in [-0.15, -0.1) is 12.4 Å². The molecule has 0 bridgehead atoms. The van der Waals surface area contributed by atoms with Crippen molar-refractivity contribution in [1.29, 1.82) is 0 Å². The molecule has 7 nitrogen and oxygen atoms in total. The lowest BCUT2D eigenvalue weighted by atomic mass is 10.3. The Morgan fingerprint density at radius 1 is 1.27 bits per heavy atom. The molecule has 3 N–H and O–H groups in total. The number of hydrogen-bond donors (Lipinski definition) is 3. The van der Waals surface area contributed by atoms with Crippen LogP contribution in [0.25, 0.3) is 0 Å². The summed E-state index contributed by atoms with van der Waals surface area (Å²) in [6, 6.07) is 14.1. The Morgan fingerprint density at radius 2 is 2.00 bits per heavy atom. The van der Waals surface area contributed by atoms with Crippen molar-refractivity contribution in [3.63, 3.8) is 0 Å². The van der Waals surface area contributed by atoms with Gasteiger partial charge < -0.3 is 25.2 Å². The van der Waals surface area contributed by atoms with Gasteiger partial charge in [0.15, 0.2) is 0 Å². The van der Waals surface area contributed by atoms with Crippen LogP contribution >= 0.6 is 24.0 Å². The lowest BCUT2D eigenvalue weighted by Gasteiger charge is -2.21. The monoisotopic (exact) mass is 455 g/mol. The zero-order valence-corrected chi connectivity index (χ0v) is 18.3. The average Bonchev–Trinajstić information content (AvgIpc) is 3.15. The maximum atomic E-state index is 11.5. The van der Waals surface area contributed by atoms with Crippen LogP contribution in [0.3, 0.4) is 0 Å². The molecule has 1 fully saturated rings. The topological polar surface area (TPSA) is 83.1 Å². The third kappa shape index (κ3) is 7.25. The van der Waals surface area contributed by atoms with E-state index in [0.29, 0.717) is 23.0 Å². The Bertz CT molecular complexity index is 807. The predicted molar refractivity (Wildman–Crippen MR) is 120 cm³/mol. The van der Waals surface area contributed by atoms with E-state index in [1.165, 1.54) is 0 Å². The highest BCUT2D eigenvalue weighted by Gasteiger charge is 2.25. The number of rotatable bonds is 8. The largest absolute Gasteiger partial charge is 0.489 e. The summed E-state index contributed by atoms with van der Waals surface area (Å²) >= 11 is 5.90. The number of urea groups is 1. The second-order valence-corrected chi connectivity index (χ2v) is 7.34. The minimum atomic E-state index is -0.655. The third-order valence-electron chi connectivity index (χ3n) is 4.61. The number of nitrogens with zero attached hydrogens (tertiary/aromatic N) is 1. The number of benzene rings is 2. The van der Waals surface area contributed by atoms with Crippen LogP contribution in [0, 0.1) is 0 Å². The van der Waals surface area contributed by atoms with Crippen molar-refractivity contribution in [3.05, 3.63) is 53.6 Å². The van der Waals surface area contributed by atoms with E-state index in [0.717, 1.165) is 25.3 Å². The minimum Gasteiger partial charge on any atom is -0.489 e. The molecule has 0 radical (unpaired) electrons. The van der Waals surface area contributed by atoms with Gasteiger partial charge in [-0.2, -0.15) is 0 Å². The molecular weight excluding hydrogens is 429 g/mol. The van der Waals surface area contributed by atoms with E-state index in [1.54, 1.807) is 25.2 Å². The Labute approximate surface area is 187 Å². The molecule has 164 valence electrons. The first kappa shape index (κ1) is 24.1. The molecule has 0 aliphatic carbocycles. The summed E-state index contributed by atoms with van der Waals surface area (Å²) in [5, 5.41) is 16.3. The highest BCUT2D eigenvalue weighted by Crippen LogP contribution is 2.24. The second kappa shape index (κ2) is 11.9. The van der Waals surface area contributed by atoms with Gasteiger partial charge in [-0.05, 0) is 42.8 Å². The first-order chi connectivity index (χ1) is 14.0. The van der Waals surface area contributed by atoms with Gasteiger partial charge in [-0.25, -0.2) is 4.79 Å². The van der Waals surface area contributed by atoms with Gasteiger partial charge in [0.2, 0.25) is 0 Å². The van der Waals surface area contributed by atoms with Crippen molar-refractivity contribution in [2.24, 2.45) is 0 Å². The fourth-order valence-corrected chi connectivity index (χ4v) is 3.31. The smallest absolute Gasteiger partial charge is 0.319 e. The third-order valence-corrected chi connectivity index (χ3v) is 4.86. The SMILES string of the molecule is CNC(=O)Nc1ccccc1OCC(O)CN1CCC(Oc2ccc(Cl)cc2)C1.Cl.